The second-order valence-corrected chi connectivity index (χ2v) is 4.67. The maximum Gasteiger partial charge on any atom is 0.171 e. The summed E-state index contributed by atoms with van der Waals surface area (Å²) in [5, 5.41) is 4.25. The minimum Gasteiger partial charge on any atom is -0.450 e. The topological polar surface area (TPSA) is 53.1 Å². The van der Waals surface area contributed by atoms with E-state index in [2.05, 4.69) is 5.10 Å². The van der Waals surface area contributed by atoms with E-state index < -0.39 is 5.82 Å². The van der Waals surface area contributed by atoms with Crippen LogP contribution >= 0.6 is 0 Å². The van der Waals surface area contributed by atoms with Gasteiger partial charge in [0.05, 0.1) is 5.69 Å². The van der Waals surface area contributed by atoms with Crippen molar-refractivity contribution in [2.24, 2.45) is 12.8 Å². The van der Waals surface area contributed by atoms with Gasteiger partial charge >= 0.3 is 0 Å². The van der Waals surface area contributed by atoms with Gasteiger partial charge in [0.15, 0.2) is 17.3 Å². The van der Waals surface area contributed by atoms with Crippen molar-refractivity contribution in [1.29, 1.82) is 0 Å². The van der Waals surface area contributed by atoms with Gasteiger partial charge in [0, 0.05) is 18.7 Å². The van der Waals surface area contributed by atoms with Gasteiger partial charge in [-0.25, -0.2) is 4.39 Å². The first-order valence-electron chi connectivity index (χ1n) is 6.14. The molecule has 2 rings (SSSR count). The summed E-state index contributed by atoms with van der Waals surface area (Å²) in [5.74, 6) is 0.337. The van der Waals surface area contributed by atoms with Crippen LogP contribution in [0.4, 0.5) is 4.39 Å². The van der Waals surface area contributed by atoms with Crippen molar-refractivity contribution in [2.75, 3.05) is 0 Å². The number of rotatable bonds is 3. The highest BCUT2D eigenvalue weighted by Crippen LogP contribution is 2.34. The van der Waals surface area contributed by atoms with Crippen molar-refractivity contribution in [3.8, 4) is 11.5 Å². The van der Waals surface area contributed by atoms with Crippen LogP contribution in [0.15, 0.2) is 18.2 Å². The Bertz CT molecular complexity index is 605. The number of ether oxygens (including phenoxy) is 1. The molecule has 2 aromatic rings. The molecule has 19 heavy (non-hydrogen) atoms. The molecule has 0 radical (unpaired) electrons. The van der Waals surface area contributed by atoms with Crippen LogP contribution in [0.2, 0.25) is 0 Å². The molecular weight excluding hydrogens is 245 g/mol. The smallest absolute Gasteiger partial charge is 0.171 e. The first kappa shape index (κ1) is 13.5. The van der Waals surface area contributed by atoms with Crippen molar-refractivity contribution >= 4 is 0 Å². The maximum absolute atomic E-state index is 14.0. The summed E-state index contributed by atoms with van der Waals surface area (Å²) in [6.07, 6.45) is 0. The molecule has 0 unspecified atom stereocenters. The van der Waals surface area contributed by atoms with Gasteiger partial charge < -0.3 is 10.5 Å². The zero-order valence-electron chi connectivity index (χ0n) is 11.6. The van der Waals surface area contributed by atoms with Crippen LogP contribution in [0.5, 0.6) is 11.5 Å². The largest absolute Gasteiger partial charge is 0.450 e. The molecule has 102 valence electrons. The van der Waals surface area contributed by atoms with Gasteiger partial charge in [0.25, 0.3) is 0 Å². The number of nitrogens with two attached hydrogens (primary N) is 1. The molecule has 0 aliphatic heterocycles. The molecule has 1 aromatic carbocycles. The number of benzene rings is 1. The monoisotopic (exact) mass is 263 g/mol. The van der Waals surface area contributed by atoms with E-state index >= 15 is 0 Å². The number of nitrogens with zero attached hydrogens (tertiary/aromatic N) is 2. The van der Waals surface area contributed by atoms with Gasteiger partial charge in [-0.1, -0.05) is 12.1 Å². The van der Waals surface area contributed by atoms with E-state index in [0.717, 1.165) is 11.4 Å². The molecule has 0 aliphatic carbocycles. The molecule has 0 amide bonds. The van der Waals surface area contributed by atoms with Crippen molar-refractivity contribution in [2.45, 2.75) is 26.8 Å². The van der Waals surface area contributed by atoms with E-state index in [1.807, 2.05) is 20.9 Å². The zero-order valence-corrected chi connectivity index (χ0v) is 11.6. The van der Waals surface area contributed by atoms with Gasteiger partial charge in [-0.15, -0.1) is 0 Å². The Balaban J connectivity index is 2.49. The highest BCUT2D eigenvalue weighted by molar-refractivity contribution is 5.43. The number of halogens is 1. The van der Waals surface area contributed by atoms with E-state index in [1.165, 1.54) is 6.07 Å². The van der Waals surface area contributed by atoms with E-state index in [0.29, 0.717) is 11.3 Å². The molecule has 5 heteroatoms. The molecule has 1 heterocycles. The van der Waals surface area contributed by atoms with Crippen LogP contribution in [0.1, 0.15) is 29.9 Å². The predicted molar refractivity (Wildman–Crippen MR) is 71.8 cm³/mol. The summed E-state index contributed by atoms with van der Waals surface area (Å²) in [4.78, 5) is 0. The molecule has 0 aliphatic rings. The number of hydrogen-bond donors (Lipinski definition) is 1. The number of hydrogen-bond acceptors (Lipinski definition) is 3. The van der Waals surface area contributed by atoms with Crippen LogP contribution in [-0.4, -0.2) is 9.78 Å². The van der Waals surface area contributed by atoms with Gasteiger partial charge in [0.1, 0.15) is 5.69 Å². The summed E-state index contributed by atoms with van der Waals surface area (Å²) in [5.41, 5.74) is 8.06. The van der Waals surface area contributed by atoms with Crippen molar-refractivity contribution < 1.29 is 9.13 Å². The average molecular weight is 263 g/mol. The molecule has 2 N–H and O–H groups in total. The summed E-state index contributed by atoms with van der Waals surface area (Å²) >= 11 is 0. The van der Waals surface area contributed by atoms with Crippen LogP contribution < -0.4 is 10.5 Å². The molecule has 0 bridgehead atoms. The van der Waals surface area contributed by atoms with E-state index in [9.17, 15) is 4.39 Å². The Kier molecular flexibility index (Phi) is 3.57. The van der Waals surface area contributed by atoms with E-state index in [4.69, 9.17) is 10.5 Å². The molecule has 1 aromatic heterocycles. The third kappa shape index (κ3) is 2.46. The summed E-state index contributed by atoms with van der Waals surface area (Å²) in [7, 11) is 1.82. The normalized spacial score (nSPS) is 12.5. The number of aryl methyl sites for hydroxylation is 2. The molecule has 1 atom stereocenters. The molecule has 0 spiro atoms. The Hall–Kier alpha value is -1.88. The Morgan fingerprint density at radius 3 is 2.53 bits per heavy atom. The number of para-hydroxylation sites is 1. The molecule has 0 saturated carbocycles. The minimum atomic E-state index is -0.419. The van der Waals surface area contributed by atoms with Crippen LogP contribution in [0.25, 0.3) is 0 Å². The summed E-state index contributed by atoms with van der Waals surface area (Å²) in [6.45, 7) is 5.50. The number of aromatic nitrogens is 2. The summed E-state index contributed by atoms with van der Waals surface area (Å²) < 4.78 is 21.4. The van der Waals surface area contributed by atoms with Gasteiger partial charge in [-0.2, -0.15) is 5.10 Å². The Morgan fingerprint density at radius 2 is 2.00 bits per heavy atom. The highest BCUT2D eigenvalue weighted by Gasteiger charge is 2.18. The van der Waals surface area contributed by atoms with E-state index in [1.54, 1.807) is 23.7 Å². The first-order valence-corrected chi connectivity index (χ1v) is 6.14. The fourth-order valence-corrected chi connectivity index (χ4v) is 2.00. The second-order valence-electron chi connectivity index (χ2n) is 4.67. The van der Waals surface area contributed by atoms with Gasteiger partial charge in [0.2, 0.25) is 0 Å². The van der Waals surface area contributed by atoms with E-state index in [-0.39, 0.29) is 11.8 Å². The van der Waals surface area contributed by atoms with Crippen LogP contribution in [-0.2, 0) is 7.05 Å². The van der Waals surface area contributed by atoms with Crippen molar-refractivity contribution in [1.82, 2.24) is 9.78 Å². The van der Waals surface area contributed by atoms with Gasteiger partial charge in [-0.05, 0) is 26.8 Å². The predicted octanol–water partition coefficient (Wildman–Crippen LogP) is 2.99. The zero-order chi connectivity index (χ0) is 14.2. The SMILES string of the molecule is Cc1nn(C)c(C)c1Oc1c(F)cccc1[C@@H](C)N. The van der Waals surface area contributed by atoms with Crippen LogP contribution in [0.3, 0.4) is 0 Å². The summed E-state index contributed by atoms with van der Waals surface area (Å²) in [6, 6.07) is 4.46. The van der Waals surface area contributed by atoms with Gasteiger partial charge in [-0.3, -0.25) is 4.68 Å². The minimum absolute atomic E-state index is 0.178. The lowest BCUT2D eigenvalue weighted by molar-refractivity contribution is 0.427. The van der Waals surface area contributed by atoms with Crippen molar-refractivity contribution in [3.63, 3.8) is 0 Å². The fraction of sp³-hybridized carbons (Fsp3) is 0.357. The Morgan fingerprint density at radius 1 is 1.32 bits per heavy atom. The average Bonchev–Trinajstić information content (AvgIpc) is 2.57. The molecular formula is C14H18FN3O. The quantitative estimate of drug-likeness (QED) is 0.926. The first-order chi connectivity index (χ1) is 8.91. The van der Waals surface area contributed by atoms with Crippen LogP contribution in [0, 0.1) is 19.7 Å². The second kappa shape index (κ2) is 5.01. The Labute approximate surface area is 112 Å². The third-order valence-electron chi connectivity index (χ3n) is 3.13. The lowest BCUT2D eigenvalue weighted by Crippen LogP contribution is -2.08. The van der Waals surface area contributed by atoms with Crippen molar-refractivity contribution in [3.05, 3.63) is 41.0 Å². The highest BCUT2D eigenvalue weighted by atomic mass is 19.1. The lowest BCUT2D eigenvalue weighted by Gasteiger charge is -2.14. The third-order valence-corrected chi connectivity index (χ3v) is 3.13. The molecule has 0 saturated heterocycles. The molecule has 0 fully saturated rings. The maximum atomic E-state index is 14.0. The lowest BCUT2D eigenvalue weighted by atomic mass is 10.1. The molecule has 4 nitrogen and oxygen atoms in total. The standard InChI is InChI=1S/C14H18FN3O/c1-8(16)11-6-5-7-12(15)14(11)19-13-9(2)17-18(4)10(13)3/h5-8H,16H2,1-4H3/t8-/m1/s1. The fourth-order valence-electron chi connectivity index (χ4n) is 2.00.